The highest BCUT2D eigenvalue weighted by Crippen LogP contribution is 2.20. The molecule has 2 rings (SSSR count). The van der Waals surface area contributed by atoms with Crippen LogP contribution in [0.1, 0.15) is 5.56 Å². The van der Waals surface area contributed by atoms with Gasteiger partial charge in [-0.3, -0.25) is 14.6 Å². The molecule has 1 aliphatic heterocycles. The normalized spacial score (nSPS) is 19.5. The van der Waals surface area contributed by atoms with E-state index in [4.69, 9.17) is 9.84 Å². The number of morpholine rings is 1. The van der Waals surface area contributed by atoms with Crippen molar-refractivity contribution in [2.75, 3.05) is 39.8 Å². The maximum absolute atomic E-state index is 13.3. The van der Waals surface area contributed by atoms with Crippen molar-refractivity contribution in [1.29, 1.82) is 0 Å². The Labute approximate surface area is 137 Å². The third kappa shape index (κ3) is 5.31. The van der Waals surface area contributed by atoms with Crippen molar-refractivity contribution in [2.24, 2.45) is 0 Å². The average molecular weight is 375 g/mol. The van der Waals surface area contributed by atoms with E-state index in [-0.39, 0.29) is 18.5 Å². The van der Waals surface area contributed by atoms with Gasteiger partial charge in [0.15, 0.2) is 0 Å². The quantitative estimate of drug-likeness (QED) is 0.822. The summed E-state index contributed by atoms with van der Waals surface area (Å²) in [6.45, 7) is 3.27. The molecule has 1 unspecified atom stereocenters. The number of carboxylic acid groups (broad SMARTS) is 1. The van der Waals surface area contributed by atoms with Crippen LogP contribution in [-0.2, 0) is 16.1 Å². The molecule has 1 fully saturated rings. The Morgan fingerprint density at radius 3 is 3.09 bits per heavy atom. The Morgan fingerprint density at radius 2 is 2.36 bits per heavy atom. The first-order chi connectivity index (χ1) is 10.4. The number of ether oxygens (including phenoxy) is 1. The van der Waals surface area contributed by atoms with Crippen LogP contribution >= 0.6 is 15.9 Å². The second-order valence-corrected chi connectivity index (χ2v) is 6.41. The minimum Gasteiger partial charge on any atom is -0.480 e. The van der Waals surface area contributed by atoms with Gasteiger partial charge in [-0.2, -0.15) is 0 Å². The lowest BCUT2D eigenvalue weighted by molar-refractivity contribution is -0.138. The van der Waals surface area contributed by atoms with Crippen molar-refractivity contribution < 1.29 is 19.0 Å². The Kier molecular flexibility index (Phi) is 6.31. The molecule has 0 radical (unpaired) electrons. The minimum absolute atomic E-state index is 0.00466. The number of benzene rings is 1. The van der Waals surface area contributed by atoms with Crippen molar-refractivity contribution in [2.45, 2.75) is 12.6 Å². The van der Waals surface area contributed by atoms with Gasteiger partial charge in [-0.25, -0.2) is 4.39 Å². The third-order valence-corrected chi connectivity index (χ3v) is 4.32. The molecule has 5 nitrogen and oxygen atoms in total. The lowest BCUT2D eigenvalue weighted by atomic mass is 10.2. The van der Waals surface area contributed by atoms with E-state index in [0.29, 0.717) is 26.2 Å². The van der Waals surface area contributed by atoms with E-state index in [0.717, 1.165) is 16.6 Å². The van der Waals surface area contributed by atoms with Crippen LogP contribution < -0.4 is 0 Å². The summed E-state index contributed by atoms with van der Waals surface area (Å²) in [6, 6.07) is 4.67. The van der Waals surface area contributed by atoms with Crippen LogP contribution in [-0.4, -0.2) is 66.8 Å². The Balaban J connectivity index is 1.90. The summed E-state index contributed by atoms with van der Waals surface area (Å²) in [5, 5.41) is 8.78. The van der Waals surface area contributed by atoms with Gasteiger partial charge in [0, 0.05) is 30.7 Å². The summed E-state index contributed by atoms with van der Waals surface area (Å²) in [4.78, 5) is 14.6. The molecule has 122 valence electrons. The monoisotopic (exact) mass is 374 g/mol. The van der Waals surface area contributed by atoms with Crippen LogP contribution in [0.4, 0.5) is 4.39 Å². The van der Waals surface area contributed by atoms with E-state index < -0.39 is 5.97 Å². The lowest BCUT2D eigenvalue weighted by Crippen LogP contribution is -2.47. The molecular formula is C15H20BrFN2O3. The summed E-state index contributed by atoms with van der Waals surface area (Å²) < 4.78 is 19.9. The van der Waals surface area contributed by atoms with Crippen LogP contribution in [0.2, 0.25) is 0 Å². The third-order valence-electron chi connectivity index (χ3n) is 3.55. The maximum Gasteiger partial charge on any atom is 0.317 e. The first-order valence-corrected chi connectivity index (χ1v) is 7.91. The molecule has 0 aliphatic carbocycles. The van der Waals surface area contributed by atoms with Crippen LogP contribution in [0.3, 0.4) is 0 Å². The molecule has 0 spiro atoms. The molecule has 0 saturated carbocycles. The van der Waals surface area contributed by atoms with Crippen molar-refractivity contribution in [1.82, 2.24) is 9.80 Å². The van der Waals surface area contributed by atoms with E-state index >= 15 is 0 Å². The molecule has 1 N–H and O–H groups in total. The number of rotatable bonds is 6. The van der Waals surface area contributed by atoms with Gasteiger partial charge >= 0.3 is 5.97 Å². The number of carboxylic acids is 1. The molecule has 1 aromatic rings. The molecule has 1 aromatic carbocycles. The zero-order valence-electron chi connectivity index (χ0n) is 12.5. The SMILES string of the molecule is CN(CC(=O)O)CC1CN(Cc2cc(F)ccc2Br)CCO1. The van der Waals surface area contributed by atoms with Crippen LogP contribution in [0.25, 0.3) is 0 Å². The van der Waals surface area contributed by atoms with Gasteiger partial charge < -0.3 is 9.84 Å². The molecule has 22 heavy (non-hydrogen) atoms. The van der Waals surface area contributed by atoms with Crippen LogP contribution in [0.5, 0.6) is 0 Å². The Morgan fingerprint density at radius 1 is 1.59 bits per heavy atom. The molecule has 0 aromatic heterocycles. The highest BCUT2D eigenvalue weighted by Gasteiger charge is 2.23. The lowest BCUT2D eigenvalue weighted by Gasteiger charge is -2.34. The van der Waals surface area contributed by atoms with Crippen molar-refractivity contribution in [3.05, 3.63) is 34.1 Å². The Hall–Kier alpha value is -1.02. The number of hydrogen-bond donors (Lipinski definition) is 1. The minimum atomic E-state index is -0.848. The molecule has 1 heterocycles. The molecule has 1 aliphatic rings. The van der Waals surface area contributed by atoms with Gasteiger partial charge in [-0.05, 0) is 30.8 Å². The largest absolute Gasteiger partial charge is 0.480 e. The smallest absolute Gasteiger partial charge is 0.317 e. The molecular weight excluding hydrogens is 355 g/mol. The van der Waals surface area contributed by atoms with Crippen molar-refractivity contribution in [3.63, 3.8) is 0 Å². The highest BCUT2D eigenvalue weighted by atomic mass is 79.9. The number of likely N-dealkylation sites (N-methyl/N-ethyl adjacent to an activating group) is 1. The number of nitrogens with zero attached hydrogens (tertiary/aromatic N) is 2. The second kappa shape index (κ2) is 8.01. The number of halogens is 2. The van der Waals surface area contributed by atoms with Gasteiger partial charge in [-0.15, -0.1) is 0 Å². The van der Waals surface area contributed by atoms with E-state index in [1.54, 1.807) is 18.0 Å². The van der Waals surface area contributed by atoms with Crippen LogP contribution in [0.15, 0.2) is 22.7 Å². The molecule has 1 atom stereocenters. The van der Waals surface area contributed by atoms with E-state index in [2.05, 4.69) is 20.8 Å². The molecule has 0 amide bonds. The summed E-state index contributed by atoms with van der Waals surface area (Å²) >= 11 is 3.44. The number of aliphatic carboxylic acids is 1. The summed E-state index contributed by atoms with van der Waals surface area (Å²) in [7, 11) is 1.76. The summed E-state index contributed by atoms with van der Waals surface area (Å²) in [6.07, 6.45) is -0.0366. The van der Waals surface area contributed by atoms with Crippen molar-refractivity contribution >= 4 is 21.9 Å². The predicted molar refractivity (Wildman–Crippen MR) is 84.2 cm³/mol. The topological polar surface area (TPSA) is 53.0 Å². The van der Waals surface area contributed by atoms with E-state index in [9.17, 15) is 9.18 Å². The van der Waals surface area contributed by atoms with E-state index in [1.807, 2.05) is 0 Å². The Bertz CT molecular complexity index is 530. The van der Waals surface area contributed by atoms with Gasteiger partial charge in [0.05, 0.1) is 19.3 Å². The maximum atomic E-state index is 13.3. The summed E-state index contributed by atoms with van der Waals surface area (Å²) in [5.41, 5.74) is 0.902. The van der Waals surface area contributed by atoms with Gasteiger partial charge in [0.1, 0.15) is 5.82 Å². The zero-order valence-corrected chi connectivity index (χ0v) is 14.1. The first-order valence-electron chi connectivity index (χ1n) is 7.12. The zero-order chi connectivity index (χ0) is 16.1. The second-order valence-electron chi connectivity index (χ2n) is 5.55. The van der Waals surface area contributed by atoms with Crippen molar-refractivity contribution in [3.8, 4) is 0 Å². The van der Waals surface area contributed by atoms with Gasteiger partial charge in [0.25, 0.3) is 0 Å². The van der Waals surface area contributed by atoms with E-state index in [1.165, 1.54) is 12.1 Å². The first kappa shape index (κ1) is 17.3. The van der Waals surface area contributed by atoms with Gasteiger partial charge in [-0.1, -0.05) is 15.9 Å². The average Bonchev–Trinajstić information content (AvgIpc) is 2.42. The molecule has 0 bridgehead atoms. The van der Waals surface area contributed by atoms with Gasteiger partial charge in [0.2, 0.25) is 0 Å². The fraction of sp³-hybridized carbons (Fsp3) is 0.533. The fourth-order valence-corrected chi connectivity index (χ4v) is 2.95. The van der Waals surface area contributed by atoms with Crippen LogP contribution in [0, 0.1) is 5.82 Å². The number of hydrogen-bond acceptors (Lipinski definition) is 4. The molecule has 7 heteroatoms. The fourth-order valence-electron chi connectivity index (χ4n) is 2.58. The predicted octanol–water partition coefficient (Wildman–Crippen LogP) is 1.81. The molecule has 1 saturated heterocycles. The standard InChI is InChI=1S/C15H20BrFN2O3/c1-18(10-15(20)21)8-13-9-19(4-5-22-13)7-11-6-12(17)2-3-14(11)16/h2-3,6,13H,4-5,7-10H2,1H3,(H,20,21). The summed E-state index contributed by atoms with van der Waals surface area (Å²) in [5.74, 6) is -1.09. The number of carbonyl (C=O) groups is 1. The highest BCUT2D eigenvalue weighted by molar-refractivity contribution is 9.10.